The zero-order valence-corrected chi connectivity index (χ0v) is 13.1. The molecule has 0 radical (unpaired) electrons. The van der Waals surface area contributed by atoms with Gasteiger partial charge in [-0.2, -0.15) is 0 Å². The summed E-state index contributed by atoms with van der Waals surface area (Å²) in [5.74, 6) is 0. The number of nitrogens with zero attached hydrogens (tertiary/aromatic N) is 1. The van der Waals surface area contributed by atoms with Crippen LogP contribution in [0.3, 0.4) is 0 Å². The molecule has 0 amide bonds. The van der Waals surface area contributed by atoms with Gasteiger partial charge in [0.25, 0.3) is 0 Å². The first-order chi connectivity index (χ1) is 8.67. The van der Waals surface area contributed by atoms with E-state index in [1.807, 2.05) is 0 Å². The average molecular weight is 311 g/mol. The highest BCUT2D eigenvalue weighted by Gasteiger charge is 2.27. The van der Waals surface area contributed by atoms with Gasteiger partial charge in [-0.1, -0.05) is 35.8 Å². The minimum absolute atomic E-state index is 0.612. The largest absolute Gasteiger partial charge is 0.365 e. The van der Waals surface area contributed by atoms with Gasteiger partial charge in [0.2, 0.25) is 0 Å². The Kier molecular flexibility index (Phi) is 4.68. The van der Waals surface area contributed by atoms with Crippen molar-refractivity contribution < 1.29 is 0 Å². The van der Waals surface area contributed by atoms with Crippen LogP contribution in [0.2, 0.25) is 0 Å². The van der Waals surface area contributed by atoms with E-state index in [9.17, 15) is 0 Å². The molecule has 1 aromatic rings. The number of piperazine rings is 1. The summed E-state index contributed by atoms with van der Waals surface area (Å²) < 4.78 is 1.21. The van der Waals surface area contributed by atoms with Gasteiger partial charge < -0.3 is 10.2 Å². The van der Waals surface area contributed by atoms with Crippen LogP contribution in [0.5, 0.6) is 0 Å². The highest BCUT2D eigenvalue weighted by molar-refractivity contribution is 9.10. The molecule has 1 heterocycles. The molecule has 1 aromatic carbocycles. The molecule has 1 saturated heterocycles. The summed E-state index contributed by atoms with van der Waals surface area (Å²) in [6.45, 7) is 8.96. The number of halogens is 1. The van der Waals surface area contributed by atoms with Crippen molar-refractivity contribution in [3.05, 3.63) is 28.2 Å². The molecule has 100 valence electrons. The van der Waals surface area contributed by atoms with Crippen LogP contribution >= 0.6 is 15.9 Å². The molecule has 1 aliphatic rings. The van der Waals surface area contributed by atoms with E-state index in [2.05, 4.69) is 65.1 Å². The number of nitrogens with one attached hydrogen (secondary N) is 1. The summed E-state index contributed by atoms with van der Waals surface area (Å²) in [6, 6.07) is 7.74. The number of anilines is 1. The molecule has 2 atom stereocenters. The first-order valence-electron chi connectivity index (χ1n) is 6.92. The molecule has 0 aromatic heterocycles. The number of rotatable bonds is 3. The molecule has 0 aliphatic carbocycles. The van der Waals surface area contributed by atoms with Crippen molar-refractivity contribution >= 4 is 21.6 Å². The van der Waals surface area contributed by atoms with Crippen LogP contribution in [0.25, 0.3) is 0 Å². The minimum Gasteiger partial charge on any atom is -0.365 e. The van der Waals surface area contributed by atoms with Crippen LogP contribution in [-0.4, -0.2) is 25.2 Å². The normalized spacial score (nSPS) is 24.3. The summed E-state index contributed by atoms with van der Waals surface area (Å²) in [5.41, 5.74) is 2.74. The lowest BCUT2D eigenvalue weighted by Gasteiger charge is -2.42. The van der Waals surface area contributed by atoms with Crippen molar-refractivity contribution in [3.63, 3.8) is 0 Å². The van der Waals surface area contributed by atoms with Crippen LogP contribution in [0.1, 0.15) is 32.3 Å². The second-order valence-corrected chi connectivity index (χ2v) is 5.97. The molecular weight excluding hydrogens is 288 g/mol. The van der Waals surface area contributed by atoms with Crippen molar-refractivity contribution in [1.29, 1.82) is 0 Å². The van der Waals surface area contributed by atoms with Crippen molar-refractivity contribution in [2.75, 3.05) is 18.0 Å². The Labute approximate surface area is 119 Å². The fraction of sp³-hybridized carbons (Fsp3) is 0.600. The van der Waals surface area contributed by atoms with Gasteiger partial charge in [0.15, 0.2) is 0 Å². The Bertz CT molecular complexity index is 405. The van der Waals surface area contributed by atoms with Crippen LogP contribution in [0, 0.1) is 6.92 Å². The zero-order valence-electron chi connectivity index (χ0n) is 11.5. The standard InChI is InChI=1S/C15H23BrN2/c1-4-12-10-18(13(5-2)9-17-12)15-8-6-7-14(16)11(15)3/h6-8,12-13,17H,4-5,9-10H2,1-3H3. The van der Waals surface area contributed by atoms with Crippen molar-refractivity contribution in [2.24, 2.45) is 0 Å². The topological polar surface area (TPSA) is 15.3 Å². The van der Waals surface area contributed by atoms with Gasteiger partial charge in [-0.3, -0.25) is 0 Å². The third kappa shape index (κ3) is 2.72. The highest BCUT2D eigenvalue weighted by atomic mass is 79.9. The lowest BCUT2D eigenvalue weighted by molar-refractivity contribution is 0.378. The van der Waals surface area contributed by atoms with E-state index in [1.54, 1.807) is 0 Å². The lowest BCUT2D eigenvalue weighted by Crippen LogP contribution is -2.56. The Morgan fingerprint density at radius 2 is 2.11 bits per heavy atom. The molecule has 1 N–H and O–H groups in total. The summed E-state index contributed by atoms with van der Waals surface area (Å²) in [6.07, 6.45) is 2.38. The van der Waals surface area contributed by atoms with Crippen LogP contribution < -0.4 is 10.2 Å². The second-order valence-electron chi connectivity index (χ2n) is 5.11. The van der Waals surface area contributed by atoms with E-state index in [0.717, 1.165) is 13.1 Å². The SMILES string of the molecule is CCC1CN(c2cccc(Br)c2C)C(CC)CN1. The smallest absolute Gasteiger partial charge is 0.0412 e. The van der Waals surface area contributed by atoms with Gasteiger partial charge in [0.05, 0.1) is 0 Å². The van der Waals surface area contributed by atoms with Gasteiger partial charge in [-0.25, -0.2) is 0 Å². The summed E-state index contributed by atoms with van der Waals surface area (Å²) in [4.78, 5) is 2.59. The monoisotopic (exact) mass is 310 g/mol. The summed E-state index contributed by atoms with van der Waals surface area (Å²) in [7, 11) is 0. The third-order valence-corrected chi connectivity index (χ3v) is 4.87. The average Bonchev–Trinajstić information content (AvgIpc) is 2.41. The maximum atomic E-state index is 3.65. The van der Waals surface area contributed by atoms with Gasteiger partial charge in [-0.05, 0) is 37.5 Å². The predicted molar refractivity (Wildman–Crippen MR) is 82.4 cm³/mol. The summed E-state index contributed by atoms with van der Waals surface area (Å²) >= 11 is 3.64. The Morgan fingerprint density at radius 3 is 2.78 bits per heavy atom. The fourth-order valence-corrected chi connectivity index (χ4v) is 3.06. The summed E-state index contributed by atoms with van der Waals surface area (Å²) in [5, 5.41) is 3.65. The molecule has 0 saturated carbocycles. The van der Waals surface area contributed by atoms with Gasteiger partial charge in [0, 0.05) is 35.3 Å². The second kappa shape index (κ2) is 6.07. The fourth-order valence-electron chi connectivity index (χ4n) is 2.70. The third-order valence-electron chi connectivity index (χ3n) is 4.01. The van der Waals surface area contributed by atoms with Crippen LogP contribution in [0.15, 0.2) is 22.7 Å². The minimum atomic E-state index is 0.612. The Morgan fingerprint density at radius 1 is 1.33 bits per heavy atom. The van der Waals surface area contributed by atoms with Gasteiger partial charge >= 0.3 is 0 Å². The number of hydrogen-bond donors (Lipinski definition) is 1. The van der Waals surface area contributed by atoms with Gasteiger partial charge in [0.1, 0.15) is 0 Å². The molecule has 2 nitrogen and oxygen atoms in total. The molecule has 0 spiro atoms. The molecular formula is C15H23BrN2. The molecule has 1 aliphatic heterocycles. The quantitative estimate of drug-likeness (QED) is 0.915. The van der Waals surface area contributed by atoms with Crippen LogP contribution in [0.4, 0.5) is 5.69 Å². The van der Waals surface area contributed by atoms with E-state index in [4.69, 9.17) is 0 Å². The molecule has 18 heavy (non-hydrogen) atoms. The molecule has 2 rings (SSSR count). The van der Waals surface area contributed by atoms with E-state index >= 15 is 0 Å². The first-order valence-corrected chi connectivity index (χ1v) is 7.71. The molecule has 3 heteroatoms. The van der Waals surface area contributed by atoms with Crippen molar-refractivity contribution in [1.82, 2.24) is 5.32 Å². The van der Waals surface area contributed by atoms with Crippen molar-refractivity contribution in [3.8, 4) is 0 Å². The highest BCUT2D eigenvalue weighted by Crippen LogP contribution is 2.30. The Hall–Kier alpha value is -0.540. The molecule has 0 bridgehead atoms. The predicted octanol–water partition coefficient (Wildman–Crippen LogP) is 3.72. The van der Waals surface area contributed by atoms with E-state index in [1.165, 1.54) is 28.6 Å². The van der Waals surface area contributed by atoms with Gasteiger partial charge in [-0.15, -0.1) is 0 Å². The maximum Gasteiger partial charge on any atom is 0.0412 e. The van der Waals surface area contributed by atoms with E-state index in [0.29, 0.717) is 12.1 Å². The lowest BCUT2D eigenvalue weighted by atomic mass is 10.0. The molecule has 2 unspecified atom stereocenters. The van der Waals surface area contributed by atoms with Crippen LogP contribution in [-0.2, 0) is 0 Å². The Balaban J connectivity index is 2.29. The zero-order chi connectivity index (χ0) is 13.1. The number of hydrogen-bond acceptors (Lipinski definition) is 2. The van der Waals surface area contributed by atoms with E-state index in [-0.39, 0.29) is 0 Å². The molecule has 1 fully saturated rings. The maximum absolute atomic E-state index is 3.65. The number of benzene rings is 1. The van der Waals surface area contributed by atoms with E-state index < -0.39 is 0 Å². The van der Waals surface area contributed by atoms with Crippen molar-refractivity contribution in [2.45, 2.75) is 45.7 Å². The first kappa shape index (κ1) is 13.9.